The highest BCUT2D eigenvalue weighted by Crippen LogP contribution is 2.17. The molecule has 0 unspecified atom stereocenters. The van der Waals surface area contributed by atoms with E-state index in [0.717, 1.165) is 6.42 Å². The van der Waals surface area contributed by atoms with E-state index >= 15 is 0 Å². The van der Waals surface area contributed by atoms with E-state index in [9.17, 15) is 0 Å². The summed E-state index contributed by atoms with van der Waals surface area (Å²) in [6.07, 6.45) is 1.47. The predicted octanol–water partition coefficient (Wildman–Crippen LogP) is 2.56. The average molecular weight is 188 g/mol. The van der Waals surface area contributed by atoms with Gasteiger partial charge in [0.05, 0.1) is 6.07 Å². The molecule has 14 heavy (non-hydrogen) atoms. The highest BCUT2D eigenvalue weighted by molar-refractivity contribution is 5.24. The van der Waals surface area contributed by atoms with E-state index in [1.165, 1.54) is 11.1 Å². The first-order chi connectivity index (χ1) is 6.77. The minimum Gasteiger partial charge on any atom is -0.313 e. The summed E-state index contributed by atoms with van der Waals surface area (Å²) in [6.45, 7) is 2.08. The molecule has 1 aromatic carbocycles. The molecule has 0 fully saturated rings. The number of rotatable bonds is 4. The summed E-state index contributed by atoms with van der Waals surface area (Å²) < 4.78 is 0. The van der Waals surface area contributed by atoms with Crippen molar-refractivity contribution in [3.8, 4) is 6.07 Å². The van der Waals surface area contributed by atoms with Gasteiger partial charge in [-0.3, -0.25) is 0 Å². The lowest BCUT2D eigenvalue weighted by atomic mass is 10.0. The predicted molar refractivity (Wildman–Crippen MR) is 57.8 cm³/mol. The molecule has 1 atom stereocenters. The summed E-state index contributed by atoms with van der Waals surface area (Å²) in [5, 5.41) is 11.7. The Balaban J connectivity index is 2.69. The lowest BCUT2D eigenvalue weighted by molar-refractivity contribution is 0.557. The van der Waals surface area contributed by atoms with Gasteiger partial charge in [-0.2, -0.15) is 5.26 Å². The molecular formula is C12H16N2. The summed E-state index contributed by atoms with van der Waals surface area (Å²) >= 11 is 0. The number of hydrogen-bond donors (Lipinski definition) is 1. The van der Waals surface area contributed by atoms with Gasteiger partial charge in [-0.15, -0.1) is 0 Å². The Labute approximate surface area is 85.6 Å². The third-order valence-corrected chi connectivity index (χ3v) is 2.37. The summed E-state index contributed by atoms with van der Waals surface area (Å²) in [5.74, 6) is 0. The van der Waals surface area contributed by atoms with Gasteiger partial charge in [0.25, 0.3) is 0 Å². The Bertz CT molecular complexity index is 308. The van der Waals surface area contributed by atoms with Crippen molar-refractivity contribution in [2.45, 2.75) is 25.8 Å². The number of nitrogens with one attached hydrogen (secondary N) is 1. The molecule has 0 saturated carbocycles. The maximum absolute atomic E-state index is 8.52. The van der Waals surface area contributed by atoms with Crippen molar-refractivity contribution in [3.05, 3.63) is 35.4 Å². The molecule has 0 saturated heterocycles. The fourth-order valence-corrected chi connectivity index (χ4v) is 1.49. The van der Waals surface area contributed by atoms with Crippen LogP contribution >= 0.6 is 0 Å². The zero-order chi connectivity index (χ0) is 10.4. The van der Waals surface area contributed by atoms with Crippen molar-refractivity contribution in [1.29, 1.82) is 5.26 Å². The first-order valence-corrected chi connectivity index (χ1v) is 4.88. The zero-order valence-corrected chi connectivity index (χ0v) is 8.75. The molecule has 0 aliphatic rings. The fourth-order valence-electron chi connectivity index (χ4n) is 1.49. The van der Waals surface area contributed by atoms with E-state index in [-0.39, 0.29) is 0 Å². The van der Waals surface area contributed by atoms with E-state index in [4.69, 9.17) is 5.26 Å². The molecule has 1 N–H and O–H groups in total. The quantitative estimate of drug-likeness (QED) is 0.788. The van der Waals surface area contributed by atoms with Crippen molar-refractivity contribution in [1.82, 2.24) is 5.32 Å². The van der Waals surface area contributed by atoms with E-state index in [1.807, 2.05) is 7.05 Å². The molecule has 74 valence electrons. The topological polar surface area (TPSA) is 35.8 Å². The van der Waals surface area contributed by atoms with Crippen LogP contribution in [-0.2, 0) is 0 Å². The van der Waals surface area contributed by atoms with Crippen molar-refractivity contribution in [2.24, 2.45) is 0 Å². The normalized spacial score (nSPS) is 12.1. The molecule has 2 nitrogen and oxygen atoms in total. The van der Waals surface area contributed by atoms with Crippen molar-refractivity contribution in [3.63, 3.8) is 0 Å². The molecule has 0 aliphatic heterocycles. The Morgan fingerprint density at radius 1 is 1.36 bits per heavy atom. The van der Waals surface area contributed by atoms with Gasteiger partial charge >= 0.3 is 0 Å². The molecule has 0 aromatic heterocycles. The van der Waals surface area contributed by atoms with Gasteiger partial charge in [-0.1, -0.05) is 29.8 Å². The SMILES string of the molecule is CN[C@H](CCC#N)c1ccc(C)cc1. The lowest BCUT2D eigenvalue weighted by Crippen LogP contribution is -2.15. The highest BCUT2D eigenvalue weighted by atomic mass is 14.9. The Kier molecular flexibility index (Phi) is 4.15. The van der Waals surface area contributed by atoms with Crippen LogP contribution in [0.2, 0.25) is 0 Å². The Hall–Kier alpha value is -1.33. The van der Waals surface area contributed by atoms with Crippen LogP contribution in [0.4, 0.5) is 0 Å². The van der Waals surface area contributed by atoms with E-state index in [1.54, 1.807) is 0 Å². The van der Waals surface area contributed by atoms with Gasteiger partial charge in [0.15, 0.2) is 0 Å². The smallest absolute Gasteiger partial charge is 0.0622 e. The van der Waals surface area contributed by atoms with Crippen molar-refractivity contribution in [2.75, 3.05) is 7.05 Å². The number of nitrogens with zero attached hydrogens (tertiary/aromatic N) is 1. The molecule has 0 heterocycles. The van der Waals surface area contributed by atoms with Crippen LogP contribution in [0.5, 0.6) is 0 Å². The standard InChI is InChI=1S/C12H16N2/c1-10-5-7-11(8-6-10)12(14-2)4-3-9-13/h5-8,12,14H,3-4H2,1-2H3/t12-/m1/s1. The fraction of sp³-hybridized carbons (Fsp3) is 0.417. The summed E-state index contributed by atoms with van der Waals surface area (Å²) in [6, 6.07) is 10.9. The Morgan fingerprint density at radius 2 is 2.00 bits per heavy atom. The minimum absolute atomic E-state index is 0.301. The van der Waals surface area contributed by atoms with Crippen LogP contribution in [0.3, 0.4) is 0 Å². The van der Waals surface area contributed by atoms with E-state index in [0.29, 0.717) is 12.5 Å². The van der Waals surface area contributed by atoms with Gasteiger partial charge in [0.1, 0.15) is 0 Å². The van der Waals surface area contributed by atoms with Crippen molar-refractivity contribution < 1.29 is 0 Å². The van der Waals surface area contributed by atoms with Gasteiger partial charge in [0, 0.05) is 12.5 Å². The minimum atomic E-state index is 0.301. The molecule has 0 spiro atoms. The average Bonchev–Trinajstić information content (AvgIpc) is 2.21. The van der Waals surface area contributed by atoms with Gasteiger partial charge in [0.2, 0.25) is 0 Å². The largest absolute Gasteiger partial charge is 0.313 e. The third kappa shape index (κ3) is 2.86. The molecule has 0 aliphatic carbocycles. The van der Waals surface area contributed by atoms with Crippen molar-refractivity contribution >= 4 is 0 Å². The summed E-state index contributed by atoms with van der Waals surface area (Å²) in [5.41, 5.74) is 2.53. The first kappa shape index (κ1) is 10.7. The number of hydrogen-bond acceptors (Lipinski definition) is 2. The summed E-state index contributed by atoms with van der Waals surface area (Å²) in [7, 11) is 1.93. The monoisotopic (exact) mass is 188 g/mol. The number of nitriles is 1. The maximum atomic E-state index is 8.52. The van der Waals surface area contributed by atoms with Crippen LogP contribution < -0.4 is 5.32 Å². The number of aryl methyl sites for hydroxylation is 1. The second-order valence-corrected chi connectivity index (χ2v) is 3.45. The van der Waals surface area contributed by atoms with E-state index < -0.39 is 0 Å². The van der Waals surface area contributed by atoms with Gasteiger partial charge < -0.3 is 5.32 Å². The molecule has 0 bridgehead atoms. The van der Waals surface area contributed by atoms with Crippen LogP contribution in [0.15, 0.2) is 24.3 Å². The zero-order valence-electron chi connectivity index (χ0n) is 8.75. The lowest BCUT2D eigenvalue weighted by Gasteiger charge is -2.14. The van der Waals surface area contributed by atoms with Crippen LogP contribution in [0.25, 0.3) is 0 Å². The second-order valence-electron chi connectivity index (χ2n) is 3.45. The third-order valence-electron chi connectivity index (χ3n) is 2.37. The maximum Gasteiger partial charge on any atom is 0.0622 e. The molecule has 0 radical (unpaired) electrons. The highest BCUT2D eigenvalue weighted by Gasteiger charge is 2.07. The van der Waals surface area contributed by atoms with Gasteiger partial charge in [-0.25, -0.2) is 0 Å². The molecule has 1 rings (SSSR count). The number of benzene rings is 1. The molecule has 2 heteroatoms. The molecule has 0 amide bonds. The first-order valence-electron chi connectivity index (χ1n) is 4.88. The van der Waals surface area contributed by atoms with E-state index in [2.05, 4.69) is 42.6 Å². The van der Waals surface area contributed by atoms with Crippen LogP contribution in [0, 0.1) is 18.3 Å². The Morgan fingerprint density at radius 3 is 2.50 bits per heavy atom. The second kappa shape index (κ2) is 5.41. The van der Waals surface area contributed by atoms with Crippen LogP contribution in [0.1, 0.15) is 30.0 Å². The molecule has 1 aromatic rings. The molecular weight excluding hydrogens is 172 g/mol. The van der Waals surface area contributed by atoms with Gasteiger partial charge in [-0.05, 0) is 26.0 Å². The summed E-state index contributed by atoms with van der Waals surface area (Å²) in [4.78, 5) is 0. The van der Waals surface area contributed by atoms with Crippen LogP contribution in [-0.4, -0.2) is 7.05 Å².